The van der Waals surface area contributed by atoms with Crippen molar-refractivity contribution in [3.05, 3.63) is 45.9 Å². The number of halogens is 1. The van der Waals surface area contributed by atoms with Crippen molar-refractivity contribution in [2.75, 3.05) is 11.1 Å². The maximum atomic E-state index is 12.5. The summed E-state index contributed by atoms with van der Waals surface area (Å²) in [7, 11) is 0. The van der Waals surface area contributed by atoms with Crippen LogP contribution in [-0.2, 0) is 10.5 Å². The molecule has 10 heteroatoms. The van der Waals surface area contributed by atoms with E-state index in [2.05, 4.69) is 20.5 Å². The Morgan fingerprint density at radius 3 is 2.88 bits per heavy atom. The van der Waals surface area contributed by atoms with Crippen LogP contribution in [0.15, 0.2) is 34.8 Å². The zero-order valence-corrected chi connectivity index (χ0v) is 16.5. The number of hydrogen-bond donors (Lipinski definition) is 2. The van der Waals surface area contributed by atoms with Gasteiger partial charge in [-0.15, -0.1) is 21.5 Å². The molecule has 0 bridgehead atoms. The van der Waals surface area contributed by atoms with Crippen molar-refractivity contribution in [3.8, 4) is 0 Å². The molecule has 1 unspecified atom stereocenters. The molecule has 0 aliphatic heterocycles. The fraction of sp³-hybridized carbons (Fsp3) is 0.250. The van der Waals surface area contributed by atoms with Crippen LogP contribution in [0.2, 0.25) is 5.02 Å². The van der Waals surface area contributed by atoms with Crippen LogP contribution >= 0.6 is 34.7 Å². The molecule has 0 aliphatic rings. The third-order valence-electron chi connectivity index (χ3n) is 3.62. The number of nitrogens with two attached hydrogens (primary N) is 1. The smallest absolute Gasteiger partial charge is 0.249 e. The summed E-state index contributed by atoms with van der Waals surface area (Å²) in [6.45, 7) is 3.62. The number of aromatic nitrogens is 4. The van der Waals surface area contributed by atoms with Gasteiger partial charge in [-0.25, -0.2) is 4.98 Å². The van der Waals surface area contributed by atoms with Crippen LogP contribution in [0, 0.1) is 6.92 Å². The number of amides is 1. The van der Waals surface area contributed by atoms with Gasteiger partial charge in [0.1, 0.15) is 6.04 Å². The highest BCUT2D eigenvalue weighted by molar-refractivity contribution is 7.98. The van der Waals surface area contributed by atoms with Gasteiger partial charge in [-0.1, -0.05) is 41.6 Å². The molecule has 2 heterocycles. The van der Waals surface area contributed by atoms with E-state index in [0.29, 0.717) is 21.1 Å². The van der Waals surface area contributed by atoms with Gasteiger partial charge in [-0.05, 0) is 25.5 Å². The Hall–Kier alpha value is -2.10. The van der Waals surface area contributed by atoms with Crippen LogP contribution in [-0.4, -0.2) is 25.7 Å². The van der Waals surface area contributed by atoms with E-state index >= 15 is 0 Å². The maximum absolute atomic E-state index is 12.5. The summed E-state index contributed by atoms with van der Waals surface area (Å²) in [6.07, 6.45) is 0. The van der Waals surface area contributed by atoms with Crippen LogP contribution < -0.4 is 11.1 Å². The lowest BCUT2D eigenvalue weighted by molar-refractivity contribution is -0.118. The fourth-order valence-corrected chi connectivity index (χ4v) is 4.25. The number of aryl methyl sites for hydroxylation is 1. The second-order valence-electron chi connectivity index (χ2n) is 5.55. The molecule has 3 N–H and O–H groups in total. The van der Waals surface area contributed by atoms with E-state index in [1.165, 1.54) is 23.1 Å². The molecule has 1 amide bonds. The number of nitrogens with one attached hydrogen (secondary N) is 1. The minimum Gasteiger partial charge on any atom is -0.368 e. The number of thiazole rings is 1. The largest absolute Gasteiger partial charge is 0.368 e. The van der Waals surface area contributed by atoms with Crippen molar-refractivity contribution in [1.82, 2.24) is 19.7 Å². The average Bonchev–Trinajstić information content (AvgIpc) is 3.19. The minimum absolute atomic E-state index is 0.185. The number of carbonyl (C=O) groups excluding carboxylic acids is 1. The van der Waals surface area contributed by atoms with E-state index in [-0.39, 0.29) is 11.9 Å². The lowest BCUT2D eigenvalue weighted by Gasteiger charge is -2.15. The van der Waals surface area contributed by atoms with Gasteiger partial charge in [0.2, 0.25) is 11.9 Å². The lowest BCUT2D eigenvalue weighted by atomic mass is 10.2. The number of anilines is 2. The minimum atomic E-state index is -0.581. The monoisotopic (exact) mass is 408 g/mol. The summed E-state index contributed by atoms with van der Waals surface area (Å²) >= 11 is 8.99. The molecule has 136 valence electrons. The number of hydrogen-bond acceptors (Lipinski definition) is 7. The van der Waals surface area contributed by atoms with Gasteiger partial charge in [-0.3, -0.25) is 9.36 Å². The lowest BCUT2D eigenvalue weighted by Crippen LogP contribution is -2.25. The molecule has 0 saturated heterocycles. The van der Waals surface area contributed by atoms with Crippen molar-refractivity contribution in [1.29, 1.82) is 0 Å². The molecule has 7 nitrogen and oxygen atoms in total. The standard InChI is InChI=1S/C16H17ClN6OS2/c1-9-7-25-15(19-9)20-13(24)10(2)23-14(18)21-22-16(23)26-8-11-5-3-4-6-12(11)17/h3-7,10H,8H2,1-2H3,(H2,18,21)(H,19,20,24). The molecule has 0 spiro atoms. The molecule has 2 aromatic heterocycles. The van der Waals surface area contributed by atoms with Gasteiger partial charge in [0.05, 0.1) is 5.69 Å². The Balaban J connectivity index is 1.74. The van der Waals surface area contributed by atoms with E-state index in [1.807, 2.05) is 36.6 Å². The van der Waals surface area contributed by atoms with E-state index < -0.39 is 6.04 Å². The maximum Gasteiger partial charge on any atom is 0.249 e. The SMILES string of the molecule is Cc1csc(NC(=O)C(C)n2c(N)nnc2SCc2ccccc2Cl)n1. The normalized spacial score (nSPS) is 12.1. The average molecular weight is 409 g/mol. The third kappa shape index (κ3) is 4.17. The van der Waals surface area contributed by atoms with Crippen molar-refractivity contribution in [2.45, 2.75) is 30.8 Å². The number of benzene rings is 1. The first-order chi connectivity index (χ1) is 12.5. The van der Waals surface area contributed by atoms with E-state index in [0.717, 1.165) is 11.3 Å². The Labute approximate surface area is 164 Å². The van der Waals surface area contributed by atoms with Gasteiger partial charge >= 0.3 is 0 Å². The van der Waals surface area contributed by atoms with Crippen LogP contribution in [0.4, 0.5) is 11.1 Å². The van der Waals surface area contributed by atoms with Gasteiger partial charge in [0.25, 0.3) is 0 Å². The first-order valence-electron chi connectivity index (χ1n) is 7.75. The molecule has 26 heavy (non-hydrogen) atoms. The topological polar surface area (TPSA) is 98.7 Å². The molecule has 3 rings (SSSR count). The zero-order valence-electron chi connectivity index (χ0n) is 14.1. The fourth-order valence-electron chi connectivity index (χ4n) is 2.25. The summed E-state index contributed by atoms with van der Waals surface area (Å²) in [4.78, 5) is 16.8. The molecule has 1 aromatic carbocycles. The van der Waals surface area contributed by atoms with Crippen LogP contribution in [0.25, 0.3) is 0 Å². The predicted octanol–water partition coefficient (Wildman–Crippen LogP) is 3.77. The first-order valence-corrected chi connectivity index (χ1v) is 9.99. The van der Waals surface area contributed by atoms with Crippen LogP contribution in [0.1, 0.15) is 24.2 Å². The Bertz CT molecular complexity index is 925. The number of nitrogen functional groups attached to an aromatic ring is 1. The molecule has 0 fully saturated rings. The molecule has 1 atom stereocenters. The van der Waals surface area contributed by atoms with Crippen LogP contribution in [0.5, 0.6) is 0 Å². The predicted molar refractivity (Wildman–Crippen MR) is 106 cm³/mol. The second-order valence-corrected chi connectivity index (χ2v) is 7.76. The highest BCUT2D eigenvalue weighted by atomic mass is 35.5. The van der Waals surface area contributed by atoms with Crippen molar-refractivity contribution in [2.24, 2.45) is 0 Å². The van der Waals surface area contributed by atoms with Gasteiger partial charge in [0, 0.05) is 16.2 Å². The molecule has 3 aromatic rings. The van der Waals surface area contributed by atoms with E-state index in [1.54, 1.807) is 11.5 Å². The molecular formula is C16H17ClN6OS2. The summed E-state index contributed by atoms with van der Waals surface area (Å²) in [5, 5.41) is 14.5. The summed E-state index contributed by atoms with van der Waals surface area (Å²) in [6, 6.07) is 7.00. The van der Waals surface area contributed by atoms with Gasteiger partial charge in [0.15, 0.2) is 10.3 Å². The Morgan fingerprint density at radius 2 is 2.19 bits per heavy atom. The second kappa shape index (κ2) is 8.07. The highest BCUT2D eigenvalue weighted by Crippen LogP contribution is 2.29. The number of thioether (sulfide) groups is 1. The number of rotatable bonds is 6. The molecule has 0 aliphatic carbocycles. The molecule has 0 saturated carbocycles. The summed E-state index contributed by atoms with van der Waals surface area (Å²) < 4.78 is 1.61. The van der Waals surface area contributed by atoms with Crippen molar-refractivity contribution >= 4 is 51.7 Å². The highest BCUT2D eigenvalue weighted by Gasteiger charge is 2.23. The van der Waals surface area contributed by atoms with Gasteiger partial charge in [-0.2, -0.15) is 0 Å². The molecular weight excluding hydrogens is 392 g/mol. The third-order valence-corrected chi connectivity index (χ3v) is 5.86. The number of carbonyl (C=O) groups is 1. The van der Waals surface area contributed by atoms with Crippen molar-refractivity contribution in [3.63, 3.8) is 0 Å². The number of nitrogens with zero attached hydrogens (tertiary/aromatic N) is 4. The Morgan fingerprint density at radius 1 is 1.42 bits per heavy atom. The zero-order chi connectivity index (χ0) is 18.7. The quantitative estimate of drug-likeness (QED) is 0.602. The van der Waals surface area contributed by atoms with Crippen molar-refractivity contribution < 1.29 is 4.79 Å². The summed E-state index contributed by atoms with van der Waals surface area (Å²) in [5.41, 5.74) is 7.77. The van der Waals surface area contributed by atoms with Crippen LogP contribution in [0.3, 0.4) is 0 Å². The summed E-state index contributed by atoms with van der Waals surface area (Å²) in [5.74, 6) is 0.549. The first kappa shape index (κ1) is 18.7. The Kier molecular flexibility index (Phi) is 5.80. The molecule has 0 radical (unpaired) electrons. The van der Waals surface area contributed by atoms with Gasteiger partial charge < -0.3 is 11.1 Å². The van der Waals surface area contributed by atoms with E-state index in [9.17, 15) is 4.79 Å². The van der Waals surface area contributed by atoms with E-state index in [4.69, 9.17) is 17.3 Å².